The molecule has 0 aliphatic carbocycles. The zero-order valence-electron chi connectivity index (χ0n) is 10.5. The van der Waals surface area contributed by atoms with E-state index in [0.717, 1.165) is 42.5 Å². The maximum absolute atomic E-state index is 11.4. The highest BCUT2D eigenvalue weighted by Gasteiger charge is 2.38. The summed E-state index contributed by atoms with van der Waals surface area (Å²) >= 11 is 1.38. The van der Waals surface area contributed by atoms with Crippen molar-refractivity contribution in [3.63, 3.8) is 0 Å². The number of piperazine rings is 1. The van der Waals surface area contributed by atoms with Crippen LogP contribution in [0.25, 0.3) is 0 Å². The van der Waals surface area contributed by atoms with Crippen LogP contribution >= 0.6 is 11.8 Å². The van der Waals surface area contributed by atoms with Crippen LogP contribution in [0.4, 0.5) is 5.69 Å². The molecule has 3 heterocycles. The van der Waals surface area contributed by atoms with Crippen molar-refractivity contribution in [1.82, 2.24) is 10.3 Å². The van der Waals surface area contributed by atoms with Gasteiger partial charge in [-0.2, -0.15) is 0 Å². The number of carbonyl (C=O) groups is 1. The smallest absolute Gasteiger partial charge is 0.232 e. The predicted octanol–water partition coefficient (Wildman–Crippen LogP) is -0.549. The van der Waals surface area contributed by atoms with Gasteiger partial charge in [0.15, 0.2) is 0 Å². The molecular formula is C12H17N5OS. The van der Waals surface area contributed by atoms with E-state index in [-0.39, 0.29) is 11.9 Å². The number of thioether (sulfide) groups is 1. The number of hydrogen-bond donors (Lipinski definition) is 3. The van der Waals surface area contributed by atoms with Gasteiger partial charge in [0.05, 0.1) is 6.04 Å². The summed E-state index contributed by atoms with van der Waals surface area (Å²) in [6.07, 6.45) is 1.78. The monoisotopic (exact) mass is 279 g/mol. The van der Waals surface area contributed by atoms with Crippen molar-refractivity contribution in [2.45, 2.75) is 16.3 Å². The number of primary amides is 1. The molecule has 1 amide bonds. The molecule has 3 rings (SSSR count). The predicted molar refractivity (Wildman–Crippen MR) is 75.1 cm³/mol. The lowest BCUT2D eigenvalue weighted by molar-refractivity contribution is -0.117. The summed E-state index contributed by atoms with van der Waals surface area (Å²) in [6.45, 7) is 3.79. The molecule has 0 bridgehead atoms. The summed E-state index contributed by atoms with van der Waals surface area (Å²) in [5.74, 6) is -0.373. The Labute approximate surface area is 115 Å². The Kier molecular flexibility index (Phi) is 3.34. The van der Waals surface area contributed by atoms with E-state index < -0.39 is 5.25 Å². The number of hydrogen-bond acceptors (Lipinski definition) is 6. The molecule has 0 aromatic carbocycles. The Hall–Kier alpha value is -1.31. The van der Waals surface area contributed by atoms with E-state index in [1.807, 2.05) is 6.07 Å². The molecule has 5 N–H and O–H groups in total. The summed E-state index contributed by atoms with van der Waals surface area (Å²) in [6, 6.07) is 1.62. The van der Waals surface area contributed by atoms with Crippen molar-refractivity contribution in [3.8, 4) is 0 Å². The van der Waals surface area contributed by atoms with Gasteiger partial charge in [0, 0.05) is 43.6 Å². The second-order valence-electron chi connectivity index (χ2n) is 4.75. The van der Waals surface area contributed by atoms with Gasteiger partial charge >= 0.3 is 0 Å². The fourth-order valence-electron chi connectivity index (χ4n) is 2.61. The second kappa shape index (κ2) is 4.99. The minimum atomic E-state index is -0.411. The molecule has 19 heavy (non-hydrogen) atoms. The zero-order chi connectivity index (χ0) is 13.4. The third-order valence-corrected chi connectivity index (χ3v) is 4.89. The van der Waals surface area contributed by atoms with E-state index in [1.54, 1.807) is 6.20 Å². The van der Waals surface area contributed by atoms with Crippen LogP contribution in [0.15, 0.2) is 17.3 Å². The SMILES string of the molecule is NC(=O)C1Sc2nccc(N3CCNCC3)c2C1N. The number of rotatable bonds is 2. The molecule has 0 radical (unpaired) electrons. The van der Waals surface area contributed by atoms with Crippen molar-refractivity contribution in [3.05, 3.63) is 17.8 Å². The minimum Gasteiger partial charge on any atom is -0.369 e. The topological polar surface area (TPSA) is 97.3 Å². The summed E-state index contributed by atoms with van der Waals surface area (Å²) in [7, 11) is 0. The highest BCUT2D eigenvalue weighted by Crippen LogP contribution is 2.45. The summed E-state index contributed by atoms with van der Waals surface area (Å²) in [5.41, 5.74) is 13.7. The average molecular weight is 279 g/mol. The zero-order valence-corrected chi connectivity index (χ0v) is 11.3. The van der Waals surface area contributed by atoms with Gasteiger partial charge in [-0.3, -0.25) is 4.79 Å². The van der Waals surface area contributed by atoms with E-state index in [2.05, 4.69) is 15.2 Å². The van der Waals surface area contributed by atoms with Gasteiger partial charge in [-0.25, -0.2) is 4.98 Å². The number of amides is 1. The molecular weight excluding hydrogens is 262 g/mol. The molecule has 6 nitrogen and oxygen atoms in total. The number of anilines is 1. The second-order valence-corrected chi connectivity index (χ2v) is 5.88. The number of fused-ring (bicyclic) bond motifs is 1. The quantitative estimate of drug-likeness (QED) is 0.672. The first-order valence-corrected chi connectivity index (χ1v) is 7.22. The Morgan fingerprint density at radius 2 is 2.21 bits per heavy atom. The lowest BCUT2D eigenvalue weighted by Gasteiger charge is -2.31. The van der Waals surface area contributed by atoms with Gasteiger partial charge in [0.2, 0.25) is 5.91 Å². The third-order valence-electron chi connectivity index (χ3n) is 3.57. The Morgan fingerprint density at radius 1 is 1.47 bits per heavy atom. The van der Waals surface area contributed by atoms with Gasteiger partial charge in [0.25, 0.3) is 0 Å². The van der Waals surface area contributed by atoms with Crippen molar-refractivity contribution >= 4 is 23.4 Å². The van der Waals surface area contributed by atoms with Crippen LogP contribution < -0.4 is 21.7 Å². The van der Waals surface area contributed by atoms with Crippen LogP contribution in [-0.4, -0.2) is 42.3 Å². The Bertz CT molecular complexity index is 503. The fraction of sp³-hybridized carbons (Fsp3) is 0.500. The van der Waals surface area contributed by atoms with Gasteiger partial charge in [-0.15, -0.1) is 0 Å². The van der Waals surface area contributed by atoms with Crippen LogP contribution in [0.5, 0.6) is 0 Å². The molecule has 1 aromatic rings. The lowest BCUT2D eigenvalue weighted by Crippen LogP contribution is -2.44. The molecule has 2 aliphatic rings. The van der Waals surface area contributed by atoms with Gasteiger partial charge in [-0.05, 0) is 6.07 Å². The molecule has 0 spiro atoms. The first kappa shape index (κ1) is 12.7. The van der Waals surface area contributed by atoms with Gasteiger partial charge in [0.1, 0.15) is 10.3 Å². The van der Waals surface area contributed by atoms with E-state index in [4.69, 9.17) is 11.5 Å². The number of pyridine rings is 1. The first-order valence-electron chi connectivity index (χ1n) is 6.34. The number of nitrogens with one attached hydrogen (secondary N) is 1. The molecule has 102 valence electrons. The molecule has 2 unspecified atom stereocenters. The minimum absolute atomic E-state index is 0.365. The van der Waals surface area contributed by atoms with Crippen LogP contribution in [0.3, 0.4) is 0 Å². The van der Waals surface area contributed by atoms with Gasteiger partial charge < -0.3 is 21.7 Å². The van der Waals surface area contributed by atoms with Gasteiger partial charge in [-0.1, -0.05) is 11.8 Å². The third kappa shape index (κ3) is 2.18. The molecule has 2 aliphatic heterocycles. The van der Waals surface area contributed by atoms with Crippen LogP contribution in [0.1, 0.15) is 11.6 Å². The molecule has 2 atom stereocenters. The number of nitrogens with zero attached hydrogens (tertiary/aromatic N) is 2. The van der Waals surface area contributed by atoms with Crippen molar-refractivity contribution in [1.29, 1.82) is 0 Å². The lowest BCUT2D eigenvalue weighted by atomic mass is 10.0. The molecule has 7 heteroatoms. The molecule has 1 aromatic heterocycles. The van der Waals surface area contributed by atoms with E-state index in [9.17, 15) is 4.79 Å². The normalized spacial score (nSPS) is 26.3. The molecule has 1 fully saturated rings. The van der Waals surface area contributed by atoms with Crippen molar-refractivity contribution < 1.29 is 4.79 Å². The van der Waals surface area contributed by atoms with E-state index in [1.165, 1.54) is 11.8 Å². The van der Waals surface area contributed by atoms with E-state index in [0.29, 0.717) is 0 Å². The van der Waals surface area contributed by atoms with Crippen molar-refractivity contribution in [2.75, 3.05) is 31.1 Å². The highest BCUT2D eigenvalue weighted by atomic mass is 32.2. The first-order chi connectivity index (χ1) is 9.18. The number of aromatic nitrogens is 1. The van der Waals surface area contributed by atoms with Crippen LogP contribution in [0.2, 0.25) is 0 Å². The fourth-order valence-corrected chi connectivity index (χ4v) is 3.74. The maximum Gasteiger partial charge on any atom is 0.232 e. The Balaban J connectivity index is 1.97. The standard InChI is InChI=1S/C12H17N5OS/c13-9-8-7(17-5-3-15-4-6-17)1-2-16-12(8)19-10(9)11(14)18/h1-2,9-10,15H,3-6,13H2,(H2,14,18). The van der Waals surface area contributed by atoms with Crippen molar-refractivity contribution in [2.24, 2.45) is 11.5 Å². The maximum atomic E-state index is 11.4. The number of carbonyl (C=O) groups excluding carboxylic acids is 1. The van der Waals surface area contributed by atoms with Crippen LogP contribution in [0, 0.1) is 0 Å². The highest BCUT2D eigenvalue weighted by molar-refractivity contribution is 8.01. The summed E-state index contributed by atoms with van der Waals surface area (Å²) in [5, 5.41) is 3.75. The molecule has 0 saturated carbocycles. The summed E-state index contributed by atoms with van der Waals surface area (Å²) < 4.78 is 0. The van der Waals surface area contributed by atoms with E-state index >= 15 is 0 Å². The Morgan fingerprint density at radius 3 is 2.89 bits per heavy atom. The average Bonchev–Trinajstić information content (AvgIpc) is 2.78. The number of nitrogens with two attached hydrogens (primary N) is 2. The van der Waals surface area contributed by atoms with Crippen LogP contribution in [-0.2, 0) is 4.79 Å². The molecule has 1 saturated heterocycles. The summed E-state index contributed by atoms with van der Waals surface area (Å²) in [4.78, 5) is 18.1. The largest absolute Gasteiger partial charge is 0.369 e.